The Morgan fingerprint density at radius 3 is 2.93 bits per heavy atom. The molecule has 0 saturated heterocycles. The molecular weight excluding hydrogens is 182 g/mol. The van der Waals surface area contributed by atoms with Crippen molar-refractivity contribution in [1.29, 1.82) is 0 Å². The lowest BCUT2D eigenvalue weighted by Gasteiger charge is -2.04. The maximum absolute atomic E-state index is 11.3. The Morgan fingerprint density at radius 1 is 1.50 bits per heavy atom. The molecule has 1 aromatic heterocycles. The Labute approximate surface area is 82.5 Å². The number of methoxy groups -OCH3 is 1. The highest BCUT2D eigenvalue weighted by molar-refractivity contribution is 5.05. The molecule has 5 nitrogen and oxygen atoms in total. The van der Waals surface area contributed by atoms with Crippen LogP contribution in [0, 0.1) is 0 Å². The minimum absolute atomic E-state index is 0.108. The van der Waals surface area contributed by atoms with Gasteiger partial charge in [-0.2, -0.15) is 0 Å². The molecule has 0 aliphatic heterocycles. The van der Waals surface area contributed by atoms with E-state index in [9.17, 15) is 4.79 Å². The molecule has 0 spiro atoms. The predicted octanol–water partition coefficient (Wildman–Crippen LogP) is -0.00920. The fourth-order valence-electron chi connectivity index (χ4n) is 1.11. The topological polar surface area (TPSA) is 70.1 Å². The van der Waals surface area contributed by atoms with Crippen LogP contribution in [0.1, 0.15) is 12.8 Å². The van der Waals surface area contributed by atoms with Gasteiger partial charge >= 0.3 is 0 Å². The predicted molar refractivity (Wildman–Crippen MR) is 53.3 cm³/mol. The standard InChI is InChI=1S/C9H15N3O2/c1-14-8-4-5-9(13)12(11-8)7-3-2-6-10/h4-5H,2-3,6-7,10H2,1H3. The fraction of sp³-hybridized carbons (Fsp3) is 0.556. The summed E-state index contributed by atoms with van der Waals surface area (Å²) in [7, 11) is 1.52. The van der Waals surface area contributed by atoms with E-state index in [1.54, 1.807) is 6.07 Å². The van der Waals surface area contributed by atoms with Gasteiger partial charge in [-0.15, -0.1) is 5.10 Å². The van der Waals surface area contributed by atoms with Crippen molar-refractivity contribution in [3.05, 3.63) is 22.5 Å². The molecule has 0 unspecified atom stereocenters. The van der Waals surface area contributed by atoms with E-state index < -0.39 is 0 Å². The molecule has 5 heteroatoms. The van der Waals surface area contributed by atoms with Gasteiger partial charge < -0.3 is 10.5 Å². The van der Waals surface area contributed by atoms with Crippen molar-refractivity contribution >= 4 is 0 Å². The van der Waals surface area contributed by atoms with Gasteiger partial charge in [0.05, 0.1) is 7.11 Å². The monoisotopic (exact) mass is 197 g/mol. The van der Waals surface area contributed by atoms with Gasteiger partial charge in [0.15, 0.2) is 0 Å². The smallest absolute Gasteiger partial charge is 0.266 e. The second-order valence-electron chi connectivity index (χ2n) is 2.93. The molecular formula is C9H15N3O2. The summed E-state index contributed by atoms with van der Waals surface area (Å²) in [5.74, 6) is 0.456. The summed E-state index contributed by atoms with van der Waals surface area (Å²) >= 11 is 0. The first-order valence-corrected chi connectivity index (χ1v) is 4.60. The summed E-state index contributed by atoms with van der Waals surface area (Å²) < 4.78 is 6.32. The normalized spacial score (nSPS) is 10.1. The molecule has 0 bridgehead atoms. The largest absolute Gasteiger partial charge is 0.480 e. The molecule has 0 atom stereocenters. The van der Waals surface area contributed by atoms with Crippen LogP contribution in [-0.4, -0.2) is 23.4 Å². The van der Waals surface area contributed by atoms with E-state index in [4.69, 9.17) is 10.5 Å². The second kappa shape index (κ2) is 5.39. The highest BCUT2D eigenvalue weighted by atomic mass is 16.5. The molecule has 14 heavy (non-hydrogen) atoms. The van der Waals surface area contributed by atoms with Gasteiger partial charge in [-0.3, -0.25) is 4.79 Å². The first-order chi connectivity index (χ1) is 6.77. The third-order valence-corrected chi connectivity index (χ3v) is 1.88. The van der Waals surface area contributed by atoms with Gasteiger partial charge in [0.1, 0.15) is 0 Å². The first-order valence-electron chi connectivity index (χ1n) is 4.60. The third kappa shape index (κ3) is 2.85. The number of hydrogen-bond acceptors (Lipinski definition) is 4. The minimum atomic E-state index is -0.108. The number of nitrogens with two attached hydrogens (primary N) is 1. The molecule has 0 saturated carbocycles. The van der Waals surface area contributed by atoms with E-state index in [2.05, 4.69) is 5.10 Å². The second-order valence-corrected chi connectivity index (χ2v) is 2.93. The van der Waals surface area contributed by atoms with E-state index in [-0.39, 0.29) is 5.56 Å². The Hall–Kier alpha value is -1.36. The molecule has 1 aromatic rings. The van der Waals surface area contributed by atoms with E-state index in [0.717, 1.165) is 12.8 Å². The van der Waals surface area contributed by atoms with Gasteiger partial charge in [-0.25, -0.2) is 4.68 Å². The number of unbranched alkanes of at least 4 members (excludes halogenated alkanes) is 1. The highest BCUT2D eigenvalue weighted by Gasteiger charge is 1.99. The fourth-order valence-corrected chi connectivity index (χ4v) is 1.11. The van der Waals surface area contributed by atoms with Crippen LogP contribution in [0.4, 0.5) is 0 Å². The number of hydrogen-bond donors (Lipinski definition) is 1. The Bertz CT molecular complexity index is 335. The van der Waals surface area contributed by atoms with Crippen LogP contribution in [0.2, 0.25) is 0 Å². The summed E-state index contributed by atoms with van der Waals surface area (Å²) in [5.41, 5.74) is 5.25. The number of aryl methyl sites for hydroxylation is 1. The van der Waals surface area contributed by atoms with E-state index in [0.29, 0.717) is 19.0 Å². The Balaban J connectivity index is 2.69. The zero-order valence-corrected chi connectivity index (χ0v) is 8.27. The van der Waals surface area contributed by atoms with Gasteiger partial charge in [-0.1, -0.05) is 0 Å². The van der Waals surface area contributed by atoms with Crippen LogP contribution in [0.3, 0.4) is 0 Å². The minimum Gasteiger partial charge on any atom is -0.480 e. The first kappa shape index (κ1) is 10.7. The molecule has 1 heterocycles. The van der Waals surface area contributed by atoms with Crippen molar-refractivity contribution in [1.82, 2.24) is 9.78 Å². The quantitative estimate of drug-likeness (QED) is 0.674. The van der Waals surface area contributed by atoms with Gasteiger partial charge in [-0.05, 0) is 19.4 Å². The van der Waals surface area contributed by atoms with Crippen molar-refractivity contribution in [2.75, 3.05) is 13.7 Å². The molecule has 0 amide bonds. The molecule has 0 aliphatic rings. The van der Waals surface area contributed by atoms with E-state index in [1.165, 1.54) is 17.9 Å². The van der Waals surface area contributed by atoms with Crippen LogP contribution in [0.25, 0.3) is 0 Å². The summed E-state index contributed by atoms with van der Waals surface area (Å²) in [6.07, 6.45) is 1.75. The lowest BCUT2D eigenvalue weighted by molar-refractivity contribution is 0.373. The third-order valence-electron chi connectivity index (χ3n) is 1.88. The van der Waals surface area contributed by atoms with Gasteiger partial charge in [0.2, 0.25) is 5.88 Å². The lowest BCUT2D eigenvalue weighted by atomic mass is 10.3. The maximum atomic E-state index is 11.3. The zero-order chi connectivity index (χ0) is 10.4. The Kier molecular flexibility index (Phi) is 4.12. The van der Waals surface area contributed by atoms with Crippen LogP contribution in [0.15, 0.2) is 16.9 Å². The molecule has 0 aromatic carbocycles. The molecule has 1 rings (SSSR count). The molecule has 0 fully saturated rings. The number of rotatable bonds is 5. The summed E-state index contributed by atoms with van der Waals surface area (Å²) in [6, 6.07) is 3.01. The van der Waals surface area contributed by atoms with Gasteiger partial charge in [0.25, 0.3) is 5.56 Å². The lowest BCUT2D eigenvalue weighted by Crippen LogP contribution is -2.22. The van der Waals surface area contributed by atoms with Gasteiger partial charge in [0, 0.05) is 18.7 Å². The average Bonchev–Trinajstić information content (AvgIpc) is 2.21. The van der Waals surface area contributed by atoms with E-state index in [1.807, 2.05) is 0 Å². The molecule has 78 valence electrons. The van der Waals surface area contributed by atoms with Crippen molar-refractivity contribution < 1.29 is 4.74 Å². The van der Waals surface area contributed by atoms with Crippen LogP contribution < -0.4 is 16.0 Å². The zero-order valence-electron chi connectivity index (χ0n) is 8.27. The Morgan fingerprint density at radius 2 is 2.29 bits per heavy atom. The van der Waals surface area contributed by atoms with Crippen molar-refractivity contribution in [2.24, 2.45) is 5.73 Å². The average molecular weight is 197 g/mol. The van der Waals surface area contributed by atoms with Crippen molar-refractivity contribution in [2.45, 2.75) is 19.4 Å². The van der Waals surface area contributed by atoms with Crippen molar-refractivity contribution in [3.63, 3.8) is 0 Å². The summed E-state index contributed by atoms with van der Waals surface area (Å²) in [6.45, 7) is 1.23. The number of aromatic nitrogens is 2. The van der Waals surface area contributed by atoms with E-state index >= 15 is 0 Å². The SMILES string of the molecule is COc1ccc(=O)n(CCCCN)n1. The van der Waals surface area contributed by atoms with Crippen LogP contribution in [-0.2, 0) is 6.54 Å². The molecule has 2 N–H and O–H groups in total. The summed E-state index contributed by atoms with van der Waals surface area (Å²) in [5, 5.41) is 4.00. The van der Waals surface area contributed by atoms with Crippen LogP contribution in [0.5, 0.6) is 5.88 Å². The number of ether oxygens (including phenoxy) is 1. The molecule has 0 radical (unpaired) electrons. The summed E-state index contributed by atoms with van der Waals surface area (Å²) in [4.78, 5) is 11.3. The van der Waals surface area contributed by atoms with Crippen LogP contribution >= 0.6 is 0 Å². The van der Waals surface area contributed by atoms with Crippen molar-refractivity contribution in [3.8, 4) is 5.88 Å². The maximum Gasteiger partial charge on any atom is 0.266 e. The number of nitrogens with zero attached hydrogens (tertiary/aromatic N) is 2. The molecule has 0 aliphatic carbocycles. The highest BCUT2D eigenvalue weighted by Crippen LogP contribution is 2.00.